The average Bonchev–Trinajstić information content (AvgIpc) is 3.42. The normalized spacial score (nSPS) is 22.8. The van der Waals surface area contributed by atoms with Crippen LogP contribution in [0, 0.1) is 5.41 Å². The lowest BCUT2D eigenvalue weighted by Crippen LogP contribution is -2.55. The smallest absolute Gasteiger partial charge is 0.335 e. The summed E-state index contributed by atoms with van der Waals surface area (Å²) in [6.07, 6.45) is -4.98. The summed E-state index contributed by atoms with van der Waals surface area (Å²) in [5.41, 5.74) is -0.950. The third-order valence-corrected chi connectivity index (χ3v) is 10.2. The van der Waals surface area contributed by atoms with E-state index < -0.39 is 35.0 Å². The zero-order valence-corrected chi connectivity index (χ0v) is 25.7. The molecule has 246 valence electrons. The van der Waals surface area contributed by atoms with E-state index >= 15 is 0 Å². The van der Waals surface area contributed by atoms with E-state index in [1.165, 1.54) is 16.9 Å². The minimum atomic E-state index is -5.02. The van der Waals surface area contributed by atoms with Crippen molar-refractivity contribution in [2.75, 3.05) is 32.7 Å². The fourth-order valence-electron chi connectivity index (χ4n) is 7.73. The Morgan fingerprint density at radius 2 is 1.30 bits per heavy atom. The molecule has 3 heterocycles. The quantitative estimate of drug-likeness (QED) is 0.256. The van der Waals surface area contributed by atoms with E-state index in [0.29, 0.717) is 36.8 Å². The molecule has 4 nitrogen and oxygen atoms in total. The van der Waals surface area contributed by atoms with E-state index in [1.807, 2.05) is 36.4 Å². The second-order valence-corrected chi connectivity index (χ2v) is 13.3. The van der Waals surface area contributed by atoms with Gasteiger partial charge in [0.2, 0.25) is 0 Å². The molecule has 0 radical (unpaired) electrons. The number of amides is 1. The molecule has 3 aromatic rings. The van der Waals surface area contributed by atoms with Crippen LogP contribution in [-0.2, 0) is 25.3 Å². The first-order chi connectivity index (χ1) is 21.9. The molecule has 1 spiro atoms. The Bertz CT molecular complexity index is 1450. The van der Waals surface area contributed by atoms with Gasteiger partial charge in [0.15, 0.2) is 0 Å². The van der Waals surface area contributed by atoms with Crippen LogP contribution in [0.5, 0.6) is 0 Å². The van der Waals surface area contributed by atoms with E-state index in [1.54, 1.807) is 0 Å². The van der Waals surface area contributed by atoms with Gasteiger partial charge in [-0.2, -0.15) is 26.3 Å². The van der Waals surface area contributed by atoms with Crippen LogP contribution >= 0.6 is 0 Å². The lowest BCUT2D eigenvalue weighted by atomic mass is 9.77. The molecular formula is C36H39F6N3O. The van der Waals surface area contributed by atoms with Crippen molar-refractivity contribution in [1.82, 2.24) is 14.7 Å². The molecule has 10 heteroatoms. The van der Waals surface area contributed by atoms with Crippen LogP contribution in [0.2, 0.25) is 0 Å². The number of alkyl halides is 6. The van der Waals surface area contributed by atoms with E-state index in [4.69, 9.17) is 0 Å². The van der Waals surface area contributed by atoms with Gasteiger partial charge in [-0.1, -0.05) is 60.7 Å². The number of benzene rings is 3. The molecule has 6 rings (SSSR count). The lowest BCUT2D eigenvalue weighted by molar-refractivity contribution is -0.143. The summed E-state index contributed by atoms with van der Waals surface area (Å²) >= 11 is 0. The highest BCUT2D eigenvalue weighted by Gasteiger charge is 2.44. The maximum absolute atomic E-state index is 13.7. The van der Waals surface area contributed by atoms with E-state index in [0.717, 1.165) is 51.1 Å². The molecule has 3 aliphatic heterocycles. The largest absolute Gasteiger partial charge is 0.416 e. The Balaban J connectivity index is 1.16. The molecule has 2 atom stereocenters. The average molecular weight is 644 g/mol. The van der Waals surface area contributed by atoms with Crippen molar-refractivity contribution in [2.45, 2.75) is 69.5 Å². The Morgan fingerprint density at radius 1 is 0.739 bits per heavy atom. The number of nitrogens with zero attached hydrogens (tertiary/aromatic N) is 3. The van der Waals surface area contributed by atoms with Crippen molar-refractivity contribution in [3.8, 4) is 0 Å². The van der Waals surface area contributed by atoms with Gasteiger partial charge in [0.25, 0.3) is 5.91 Å². The zero-order valence-electron chi connectivity index (χ0n) is 25.7. The molecule has 0 aromatic heterocycles. The molecule has 46 heavy (non-hydrogen) atoms. The Hall–Kier alpha value is -3.37. The molecule has 2 unspecified atom stereocenters. The molecule has 0 N–H and O–H groups in total. The molecule has 1 amide bonds. The second kappa shape index (κ2) is 13.0. The minimum Gasteiger partial charge on any atom is -0.335 e. The molecule has 3 aromatic carbocycles. The number of hydrogen-bond donors (Lipinski definition) is 0. The number of rotatable bonds is 6. The third kappa shape index (κ3) is 7.44. The van der Waals surface area contributed by atoms with Crippen LogP contribution in [0.4, 0.5) is 26.3 Å². The fourth-order valence-corrected chi connectivity index (χ4v) is 7.73. The van der Waals surface area contributed by atoms with Crippen molar-refractivity contribution in [3.63, 3.8) is 0 Å². The zero-order chi connectivity index (χ0) is 32.5. The second-order valence-electron chi connectivity index (χ2n) is 13.3. The van der Waals surface area contributed by atoms with Crippen LogP contribution in [-0.4, -0.2) is 65.4 Å². The first kappa shape index (κ1) is 32.6. The van der Waals surface area contributed by atoms with Crippen molar-refractivity contribution in [2.24, 2.45) is 5.41 Å². The van der Waals surface area contributed by atoms with Gasteiger partial charge in [-0.05, 0) is 92.9 Å². The molecule has 3 saturated heterocycles. The molecule has 0 saturated carbocycles. The van der Waals surface area contributed by atoms with Gasteiger partial charge in [0.1, 0.15) is 0 Å². The number of halogens is 6. The first-order valence-corrected chi connectivity index (χ1v) is 16.0. The highest BCUT2D eigenvalue weighted by molar-refractivity contribution is 5.95. The van der Waals surface area contributed by atoms with Crippen LogP contribution in [0.3, 0.4) is 0 Å². The predicted octanol–water partition coefficient (Wildman–Crippen LogP) is 7.93. The standard InChI is InChI=1S/C36H39F6N3O/c37-35(38,39)29-20-28(21-30(22-29)36(40,41)42)33(46)45-15-11-31(23-32(45)19-26-7-3-1-4-8-26)44-17-13-34(14-18-44)12-16-43(25-34)24-27-9-5-2-6-10-27/h1-10,20-22,31-32H,11-19,23-25H2. The van der Waals surface area contributed by atoms with Crippen LogP contribution in [0.1, 0.15) is 64.7 Å². The number of carbonyl (C=O) groups excluding carboxylic acids is 1. The van der Waals surface area contributed by atoms with Crippen molar-refractivity contribution in [1.29, 1.82) is 0 Å². The number of piperidine rings is 2. The lowest BCUT2D eigenvalue weighted by Gasteiger charge is -2.47. The Kier molecular flexibility index (Phi) is 9.22. The van der Waals surface area contributed by atoms with Gasteiger partial charge in [-0.25, -0.2) is 0 Å². The number of hydrogen-bond acceptors (Lipinski definition) is 3. The Labute approximate surface area is 266 Å². The maximum Gasteiger partial charge on any atom is 0.416 e. The van der Waals surface area contributed by atoms with Crippen LogP contribution < -0.4 is 0 Å². The predicted molar refractivity (Wildman–Crippen MR) is 164 cm³/mol. The summed E-state index contributed by atoms with van der Waals surface area (Å²) in [6, 6.07) is 21.0. The van der Waals surface area contributed by atoms with Crippen molar-refractivity contribution < 1.29 is 31.1 Å². The monoisotopic (exact) mass is 643 g/mol. The van der Waals surface area contributed by atoms with Crippen molar-refractivity contribution in [3.05, 3.63) is 107 Å². The molecule has 3 aliphatic rings. The highest BCUT2D eigenvalue weighted by atomic mass is 19.4. The molecular weight excluding hydrogens is 604 g/mol. The van der Waals surface area contributed by atoms with E-state index in [2.05, 4.69) is 34.1 Å². The maximum atomic E-state index is 13.7. The summed E-state index contributed by atoms with van der Waals surface area (Å²) in [5.74, 6) is -0.793. The summed E-state index contributed by atoms with van der Waals surface area (Å²) < 4.78 is 81.6. The van der Waals surface area contributed by atoms with E-state index in [9.17, 15) is 31.1 Å². The summed E-state index contributed by atoms with van der Waals surface area (Å²) in [6.45, 7) is 5.27. The summed E-state index contributed by atoms with van der Waals surface area (Å²) in [5, 5.41) is 0. The van der Waals surface area contributed by atoms with Gasteiger partial charge in [-0.15, -0.1) is 0 Å². The summed E-state index contributed by atoms with van der Waals surface area (Å²) in [7, 11) is 0. The van der Waals surface area contributed by atoms with E-state index in [-0.39, 0.29) is 24.7 Å². The minimum absolute atomic E-state index is 0.0683. The number of carbonyl (C=O) groups is 1. The molecule has 3 fully saturated rings. The van der Waals surface area contributed by atoms with Gasteiger partial charge in [-0.3, -0.25) is 9.69 Å². The molecule has 0 bridgehead atoms. The first-order valence-electron chi connectivity index (χ1n) is 16.0. The van der Waals surface area contributed by atoms with Crippen LogP contribution in [0.25, 0.3) is 0 Å². The third-order valence-electron chi connectivity index (χ3n) is 10.2. The van der Waals surface area contributed by atoms with Crippen molar-refractivity contribution >= 4 is 5.91 Å². The number of likely N-dealkylation sites (tertiary alicyclic amines) is 3. The van der Waals surface area contributed by atoms with Gasteiger partial charge in [0.05, 0.1) is 11.1 Å². The highest BCUT2D eigenvalue weighted by Crippen LogP contribution is 2.42. The van der Waals surface area contributed by atoms with Crippen LogP contribution in [0.15, 0.2) is 78.9 Å². The molecule has 0 aliphatic carbocycles. The van der Waals surface area contributed by atoms with Gasteiger partial charge >= 0.3 is 12.4 Å². The van der Waals surface area contributed by atoms with Gasteiger partial charge in [0, 0.05) is 37.3 Å². The SMILES string of the molecule is O=C(c1cc(C(F)(F)F)cc(C(F)(F)F)c1)N1CCC(N2CCC3(CCN(Cc4ccccc4)C3)CC2)CC1Cc1ccccc1. The topological polar surface area (TPSA) is 26.8 Å². The summed E-state index contributed by atoms with van der Waals surface area (Å²) in [4.78, 5) is 20.3. The fraction of sp³-hybridized carbons (Fsp3) is 0.472. The Morgan fingerprint density at radius 3 is 1.89 bits per heavy atom. The van der Waals surface area contributed by atoms with Gasteiger partial charge < -0.3 is 9.80 Å².